The lowest BCUT2D eigenvalue weighted by molar-refractivity contribution is -0.137. The van der Waals surface area contributed by atoms with Gasteiger partial charge in [0.2, 0.25) is 0 Å². The second kappa shape index (κ2) is 8.20. The molecule has 2 aromatic carbocycles. The molecule has 0 aliphatic carbocycles. The first-order chi connectivity index (χ1) is 13.2. The van der Waals surface area contributed by atoms with Crippen LogP contribution in [0, 0.1) is 6.92 Å². The van der Waals surface area contributed by atoms with E-state index in [1.165, 1.54) is 23.5 Å². The number of carbonyl (C=O) groups excluding carboxylic acids is 1. The number of hydrogen-bond acceptors (Lipinski definition) is 3. The summed E-state index contributed by atoms with van der Waals surface area (Å²) in [4.78, 5) is 17.4. The molecule has 0 spiro atoms. The van der Waals surface area contributed by atoms with Crippen molar-refractivity contribution in [2.24, 2.45) is 0 Å². The number of benzene rings is 2. The molecule has 3 aromatic rings. The molecule has 1 aromatic heterocycles. The minimum absolute atomic E-state index is 0.0603. The smallest absolute Gasteiger partial charge is 0.333 e. The Morgan fingerprint density at radius 1 is 1.18 bits per heavy atom. The number of halogens is 4. The van der Waals surface area contributed by atoms with Gasteiger partial charge in [-0.15, -0.1) is 11.3 Å². The van der Waals surface area contributed by atoms with Crippen LogP contribution in [0.3, 0.4) is 0 Å². The molecular weight excluding hydrogens is 411 g/mol. The summed E-state index contributed by atoms with van der Waals surface area (Å²) in [5.41, 5.74) is 0.786. The van der Waals surface area contributed by atoms with Crippen LogP contribution in [0.25, 0.3) is 10.6 Å². The van der Waals surface area contributed by atoms with Gasteiger partial charge in [0.15, 0.2) is 0 Å². The molecule has 0 unspecified atom stereocenters. The third kappa shape index (κ3) is 4.82. The van der Waals surface area contributed by atoms with E-state index in [2.05, 4.69) is 15.6 Å². The van der Waals surface area contributed by atoms with Gasteiger partial charge in [-0.25, -0.2) is 9.78 Å². The molecule has 146 valence electrons. The zero-order valence-corrected chi connectivity index (χ0v) is 16.2. The summed E-state index contributed by atoms with van der Waals surface area (Å²) in [7, 11) is 0. The summed E-state index contributed by atoms with van der Waals surface area (Å²) in [5, 5.41) is 6.35. The highest BCUT2D eigenvalue weighted by molar-refractivity contribution is 7.15. The lowest BCUT2D eigenvalue weighted by Crippen LogP contribution is -2.28. The fraction of sp³-hybridized carbons (Fsp3) is 0.158. The third-order valence-corrected chi connectivity index (χ3v) is 5.37. The van der Waals surface area contributed by atoms with E-state index >= 15 is 0 Å². The minimum atomic E-state index is -4.47. The van der Waals surface area contributed by atoms with Crippen molar-refractivity contribution in [1.82, 2.24) is 10.3 Å². The quantitative estimate of drug-likeness (QED) is 0.529. The normalized spacial score (nSPS) is 11.3. The van der Waals surface area contributed by atoms with E-state index in [0.717, 1.165) is 33.3 Å². The van der Waals surface area contributed by atoms with Crippen LogP contribution >= 0.6 is 22.9 Å². The molecule has 28 heavy (non-hydrogen) atoms. The van der Waals surface area contributed by atoms with Gasteiger partial charge >= 0.3 is 12.2 Å². The Balaban J connectivity index is 1.65. The van der Waals surface area contributed by atoms with E-state index in [9.17, 15) is 18.0 Å². The fourth-order valence-electron chi connectivity index (χ4n) is 2.45. The van der Waals surface area contributed by atoms with E-state index in [1.54, 1.807) is 6.07 Å². The summed E-state index contributed by atoms with van der Waals surface area (Å²) in [6.45, 7) is 2.01. The van der Waals surface area contributed by atoms with Crippen LogP contribution in [0.15, 0.2) is 48.5 Å². The average Bonchev–Trinajstić information content (AvgIpc) is 3.00. The zero-order chi connectivity index (χ0) is 20.3. The Labute approximate surface area is 168 Å². The van der Waals surface area contributed by atoms with Crippen molar-refractivity contribution in [3.05, 3.63) is 69.7 Å². The number of nitrogens with zero attached hydrogens (tertiary/aromatic N) is 1. The maximum atomic E-state index is 12.7. The van der Waals surface area contributed by atoms with Crippen molar-refractivity contribution in [1.29, 1.82) is 0 Å². The summed E-state index contributed by atoms with van der Waals surface area (Å²) < 4.78 is 38.2. The molecule has 0 bridgehead atoms. The highest BCUT2D eigenvalue weighted by Gasteiger charge is 2.30. The molecule has 2 amide bonds. The molecule has 0 aliphatic heterocycles. The van der Waals surface area contributed by atoms with Crippen LogP contribution in [0.1, 0.15) is 16.1 Å². The number of aryl methyl sites for hydroxylation is 1. The van der Waals surface area contributed by atoms with Crippen LogP contribution in [-0.2, 0) is 12.7 Å². The first kappa shape index (κ1) is 20.2. The molecule has 9 heteroatoms. The van der Waals surface area contributed by atoms with Gasteiger partial charge in [-0.1, -0.05) is 35.9 Å². The molecule has 3 rings (SSSR count). The van der Waals surface area contributed by atoms with Gasteiger partial charge in [-0.3, -0.25) is 0 Å². The Bertz CT molecular complexity index is 1000. The number of rotatable bonds is 4. The molecular formula is C19H15ClF3N3OS. The number of hydrogen-bond donors (Lipinski definition) is 2. The van der Waals surface area contributed by atoms with Gasteiger partial charge in [-0.05, 0) is 31.2 Å². The first-order valence-electron chi connectivity index (χ1n) is 8.17. The predicted octanol–water partition coefficient (Wildman–Crippen LogP) is 6.11. The number of nitrogens with one attached hydrogen (secondary N) is 2. The second-order valence-corrected chi connectivity index (χ2v) is 7.38. The van der Waals surface area contributed by atoms with Crippen LogP contribution in [0.4, 0.5) is 23.7 Å². The van der Waals surface area contributed by atoms with E-state index in [-0.39, 0.29) is 12.2 Å². The van der Waals surface area contributed by atoms with Crippen molar-refractivity contribution >= 4 is 34.7 Å². The van der Waals surface area contributed by atoms with Gasteiger partial charge in [0.25, 0.3) is 0 Å². The fourth-order valence-corrected chi connectivity index (χ4v) is 3.77. The Kier molecular flexibility index (Phi) is 5.90. The number of anilines is 1. The summed E-state index contributed by atoms with van der Waals surface area (Å²) in [6.07, 6.45) is -4.47. The van der Waals surface area contributed by atoms with E-state index in [1.807, 2.05) is 25.1 Å². The molecule has 0 aliphatic rings. The average molecular weight is 426 g/mol. The molecule has 0 saturated carbocycles. The van der Waals surface area contributed by atoms with E-state index in [4.69, 9.17) is 11.6 Å². The number of amides is 2. The molecule has 0 atom stereocenters. The minimum Gasteiger partial charge on any atom is -0.333 e. The van der Waals surface area contributed by atoms with Crippen molar-refractivity contribution in [2.45, 2.75) is 19.6 Å². The maximum absolute atomic E-state index is 12.7. The van der Waals surface area contributed by atoms with Crippen molar-refractivity contribution in [2.75, 3.05) is 5.32 Å². The van der Waals surface area contributed by atoms with Gasteiger partial charge in [0, 0.05) is 16.1 Å². The van der Waals surface area contributed by atoms with Crippen molar-refractivity contribution in [3.63, 3.8) is 0 Å². The lowest BCUT2D eigenvalue weighted by Gasteiger charge is -2.10. The summed E-state index contributed by atoms with van der Waals surface area (Å²) in [6, 6.07) is 11.2. The largest absolute Gasteiger partial charge is 0.416 e. The monoisotopic (exact) mass is 425 g/mol. The second-order valence-electron chi connectivity index (χ2n) is 5.89. The number of urea groups is 1. The summed E-state index contributed by atoms with van der Waals surface area (Å²) in [5.74, 6) is 0. The topological polar surface area (TPSA) is 54.0 Å². The standard InChI is InChI=1S/C19H15ClF3N3OS/c1-11-16(28-17(25-11)14-7-2-3-8-15(14)20)10-24-18(27)26-13-6-4-5-12(9-13)19(21,22)23/h2-9H,10H2,1H3,(H2,24,26,27). The highest BCUT2D eigenvalue weighted by atomic mass is 35.5. The van der Waals surface area contributed by atoms with Crippen molar-refractivity contribution < 1.29 is 18.0 Å². The van der Waals surface area contributed by atoms with Crippen LogP contribution in [0.5, 0.6) is 0 Å². The van der Waals surface area contributed by atoms with Gasteiger partial charge in [0.1, 0.15) is 5.01 Å². The Hall–Kier alpha value is -2.58. The molecule has 2 N–H and O–H groups in total. The van der Waals surface area contributed by atoms with Crippen LogP contribution in [-0.4, -0.2) is 11.0 Å². The molecule has 0 fully saturated rings. The first-order valence-corrected chi connectivity index (χ1v) is 9.37. The SMILES string of the molecule is Cc1nc(-c2ccccc2Cl)sc1CNC(=O)Nc1cccc(C(F)(F)F)c1. The van der Waals surface area contributed by atoms with E-state index < -0.39 is 17.8 Å². The van der Waals surface area contributed by atoms with Crippen LogP contribution in [0.2, 0.25) is 5.02 Å². The third-order valence-electron chi connectivity index (χ3n) is 3.85. The van der Waals surface area contributed by atoms with Crippen LogP contribution < -0.4 is 10.6 Å². The molecule has 0 radical (unpaired) electrons. The molecule has 0 saturated heterocycles. The number of alkyl halides is 3. The van der Waals surface area contributed by atoms with Crippen molar-refractivity contribution in [3.8, 4) is 10.6 Å². The Morgan fingerprint density at radius 2 is 1.93 bits per heavy atom. The molecule has 4 nitrogen and oxygen atoms in total. The predicted molar refractivity (Wildman–Crippen MR) is 105 cm³/mol. The Morgan fingerprint density at radius 3 is 2.64 bits per heavy atom. The zero-order valence-electron chi connectivity index (χ0n) is 14.6. The molecule has 1 heterocycles. The maximum Gasteiger partial charge on any atom is 0.416 e. The number of aromatic nitrogens is 1. The highest BCUT2D eigenvalue weighted by Crippen LogP contribution is 2.33. The van der Waals surface area contributed by atoms with E-state index in [0.29, 0.717) is 5.02 Å². The number of carbonyl (C=O) groups is 1. The van der Waals surface area contributed by atoms with Gasteiger partial charge < -0.3 is 10.6 Å². The lowest BCUT2D eigenvalue weighted by atomic mass is 10.2. The summed E-state index contributed by atoms with van der Waals surface area (Å²) >= 11 is 7.58. The number of thiazole rings is 1. The van der Waals surface area contributed by atoms with Gasteiger partial charge in [0.05, 0.1) is 22.8 Å². The van der Waals surface area contributed by atoms with Gasteiger partial charge in [-0.2, -0.15) is 13.2 Å².